The molecular weight excluding hydrogens is 362 g/mol. The Balaban J connectivity index is 1.49. The summed E-state index contributed by atoms with van der Waals surface area (Å²) in [6, 6.07) is 11.7. The summed E-state index contributed by atoms with van der Waals surface area (Å²) in [7, 11) is 0. The van der Waals surface area contributed by atoms with E-state index < -0.39 is 0 Å². The van der Waals surface area contributed by atoms with Crippen LogP contribution >= 0.6 is 0 Å². The molecule has 2 atom stereocenters. The van der Waals surface area contributed by atoms with Crippen LogP contribution in [0.1, 0.15) is 49.3 Å². The van der Waals surface area contributed by atoms with Crippen LogP contribution in [0.5, 0.6) is 0 Å². The molecule has 0 radical (unpaired) electrons. The lowest BCUT2D eigenvalue weighted by atomic mass is 10.1. The van der Waals surface area contributed by atoms with E-state index in [-0.39, 0.29) is 0 Å². The summed E-state index contributed by atoms with van der Waals surface area (Å²) in [5.74, 6) is 1.85. The maximum Gasteiger partial charge on any atom is 0.191 e. The summed E-state index contributed by atoms with van der Waals surface area (Å²) in [5.41, 5.74) is 3.59. The number of benzene rings is 1. The molecule has 0 bridgehead atoms. The zero-order chi connectivity index (χ0) is 20.6. The van der Waals surface area contributed by atoms with Gasteiger partial charge in [0.15, 0.2) is 5.96 Å². The molecule has 1 saturated heterocycles. The van der Waals surface area contributed by atoms with Crippen molar-refractivity contribution in [2.45, 2.75) is 65.6 Å². The van der Waals surface area contributed by atoms with E-state index in [1.165, 1.54) is 11.1 Å². The lowest BCUT2D eigenvalue weighted by molar-refractivity contribution is 0.258. The number of likely N-dealkylation sites (tertiary alicyclic amines) is 1. The molecule has 2 heterocycles. The predicted octanol–water partition coefficient (Wildman–Crippen LogP) is 3.44. The fraction of sp³-hybridized carbons (Fsp3) is 0.565. The molecule has 6 nitrogen and oxygen atoms in total. The van der Waals surface area contributed by atoms with E-state index in [9.17, 15) is 0 Å². The molecular formula is C23H35N5O. The first-order valence-corrected chi connectivity index (χ1v) is 10.8. The summed E-state index contributed by atoms with van der Waals surface area (Å²) < 4.78 is 5.25. The highest BCUT2D eigenvalue weighted by Gasteiger charge is 2.29. The van der Waals surface area contributed by atoms with Crippen LogP contribution in [0.3, 0.4) is 0 Å². The summed E-state index contributed by atoms with van der Waals surface area (Å²) in [6.45, 7) is 12.1. The van der Waals surface area contributed by atoms with Crippen LogP contribution in [0.4, 0.5) is 0 Å². The van der Waals surface area contributed by atoms with Gasteiger partial charge in [-0.1, -0.05) is 35.5 Å². The van der Waals surface area contributed by atoms with E-state index in [1.54, 1.807) is 0 Å². The Labute approximate surface area is 174 Å². The number of hydrogen-bond donors (Lipinski definition) is 2. The average Bonchev–Trinajstić information content (AvgIpc) is 3.21. The van der Waals surface area contributed by atoms with Crippen molar-refractivity contribution in [3.05, 3.63) is 52.9 Å². The van der Waals surface area contributed by atoms with Crippen molar-refractivity contribution in [3.63, 3.8) is 0 Å². The van der Waals surface area contributed by atoms with Crippen molar-refractivity contribution in [3.8, 4) is 0 Å². The second-order valence-corrected chi connectivity index (χ2v) is 8.01. The highest BCUT2D eigenvalue weighted by molar-refractivity contribution is 5.80. The number of nitrogens with zero attached hydrogens (tertiary/aromatic N) is 3. The molecule has 2 N–H and O–H groups in total. The molecule has 6 heteroatoms. The quantitative estimate of drug-likeness (QED) is 0.406. The summed E-state index contributed by atoms with van der Waals surface area (Å²) in [5, 5.41) is 11.1. The largest absolute Gasteiger partial charge is 0.361 e. The molecule has 2 unspecified atom stereocenters. The van der Waals surface area contributed by atoms with Crippen LogP contribution in [0.2, 0.25) is 0 Å². The highest BCUT2D eigenvalue weighted by atomic mass is 16.5. The monoisotopic (exact) mass is 397 g/mol. The van der Waals surface area contributed by atoms with Crippen LogP contribution in [-0.4, -0.2) is 47.7 Å². The summed E-state index contributed by atoms with van der Waals surface area (Å²) in [6.07, 6.45) is 3.08. The van der Waals surface area contributed by atoms with Gasteiger partial charge in [-0.15, -0.1) is 0 Å². The van der Waals surface area contributed by atoms with Crippen molar-refractivity contribution < 1.29 is 4.52 Å². The third-order valence-corrected chi connectivity index (χ3v) is 5.65. The van der Waals surface area contributed by atoms with Gasteiger partial charge in [-0.05, 0) is 52.5 Å². The standard InChI is InChI=1S/C23H35N5O/c1-5-24-23(25-13-9-12-22-18(3)27-29-19(22)4)26-21-14-17(2)28(16-21)15-20-10-7-6-8-11-20/h6-8,10-11,17,21H,5,9,12-16H2,1-4H3,(H2,24,25,26). The maximum absolute atomic E-state index is 5.25. The molecule has 2 aromatic rings. The Bertz CT molecular complexity index is 766. The lowest BCUT2D eigenvalue weighted by Gasteiger charge is -2.21. The Morgan fingerprint density at radius 1 is 1.28 bits per heavy atom. The van der Waals surface area contributed by atoms with Crippen molar-refractivity contribution in [2.24, 2.45) is 4.99 Å². The molecule has 3 rings (SSSR count). The molecule has 0 saturated carbocycles. The predicted molar refractivity (Wildman–Crippen MR) is 118 cm³/mol. The first-order chi connectivity index (χ1) is 14.1. The van der Waals surface area contributed by atoms with Crippen molar-refractivity contribution in [1.82, 2.24) is 20.7 Å². The normalized spacial score (nSPS) is 20.2. The molecule has 0 amide bonds. The SMILES string of the molecule is CCNC(=NCCCc1c(C)noc1C)NC1CC(C)N(Cc2ccccc2)C1. The number of guanidine groups is 1. The molecule has 158 valence electrons. The van der Waals surface area contributed by atoms with Crippen molar-refractivity contribution in [1.29, 1.82) is 0 Å². The van der Waals surface area contributed by atoms with Gasteiger partial charge in [0.05, 0.1) is 5.69 Å². The van der Waals surface area contributed by atoms with Gasteiger partial charge in [0.2, 0.25) is 0 Å². The van der Waals surface area contributed by atoms with Crippen molar-refractivity contribution >= 4 is 5.96 Å². The molecule has 0 spiro atoms. The van der Waals surface area contributed by atoms with Gasteiger partial charge in [-0.25, -0.2) is 0 Å². The fourth-order valence-electron chi connectivity index (χ4n) is 4.06. The Morgan fingerprint density at radius 3 is 2.76 bits per heavy atom. The van der Waals surface area contributed by atoms with Crippen LogP contribution in [0.25, 0.3) is 0 Å². The molecule has 1 aromatic carbocycles. The third kappa shape index (κ3) is 6.07. The first kappa shape index (κ1) is 21.4. The van der Waals surface area contributed by atoms with Crippen LogP contribution in [-0.2, 0) is 13.0 Å². The Kier molecular flexibility index (Phi) is 7.69. The van der Waals surface area contributed by atoms with E-state index in [2.05, 4.69) is 64.9 Å². The van der Waals surface area contributed by atoms with Crippen molar-refractivity contribution in [2.75, 3.05) is 19.6 Å². The minimum Gasteiger partial charge on any atom is -0.361 e. The number of aromatic nitrogens is 1. The third-order valence-electron chi connectivity index (χ3n) is 5.65. The van der Waals surface area contributed by atoms with E-state index in [0.29, 0.717) is 12.1 Å². The minimum absolute atomic E-state index is 0.425. The van der Waals surface area contributed by atoms with Gasteiger partial charge in [-0.2, -0.15) is 0 Å². The fourth-order valence-corrected chi connectivity index (χ4v) is 4.06. The second-order valence-electron chi connectivity index (χ2n) is 8.01. The number of hydrogen-bond acceptors (Lipinski definition) is 4. The zero-order valence-electron chi connectivity index (χ0n) is 18.2. The van der Waals surface area contributed by atoms with Crippen LogP contribution in [0.15, 0.2) is 39.8 Å². The molecule has 1 aliphatic rings. The van der Waals surface area contributed by atoms with Gasteiger partial charge in [0.25, 0.3) is 0 Å². The van der Waals surface area contributed by atoms with E-state index in [1.807, 2.05) is 13.8 Å². The topological polar surface area (TPSA) is 65.7 Å². The van der Waals surface area contributed by atoms with E-state index >= 15 is 0 Å². The van der Waals surface area contributed by atoms with Gasteiger partial charge < -0.3 is 15.2 Å². The zero-order valence-corrected chi connectivity index (χ0v) is 18.2. The van der Waals surface area contributed by atoms with Gasteiger partial charge >= 0.3 is 0 Å². The molecule has 1 aromatic heterocycles. The van der Waals surface area contributed by atoms with Gasteiger partial charge in [-0.3, -0.25) is 9.89 Å². The minimum atomic E-state index is 0.425. The number of aryl methyl sites for hydroxylation is 2. The molecule has 29 heavy (non-hydrogen) atoms. The highest BCUT2D eigenvalue weighted by Crippen LogP contribution is 2.20. The first-order valence-electron chi connectivity index (χ1n) is 10.8. The van der Waals surface area contributed by atoms with Gasteiger partial charge in [0, 0.05) is 43.8 Å². The van der Waals surface area contributed by atoms with E-state index in [4.69, 9.17) is 9.52 Å². The molecule has 1 aliphatic heterocycles. The maximum atomic E-state index is 5.25. The Hall–Kier alpha value is -2.34. The second kappa shape index (κ2) is 10.4. The van der Waals surface area contributed by atoms with Crippen LogP contribution in [0, 0.1) is 13.8 Å². The summed E-state index contributed by atoms with van der Waals surface area (Å²) in [4.78, 5) is 7.34. The van der Waals surface area contributed by atoms with E-state index in [0.717, 1.165) is 62.9 Å². The Morgan fingerprint density at radius 2 is 2.07 bits per heavy atom. The number of rotatable bonds is 8. The number of aliphatic imine (C=N–C) groups is 1. The average molecular weight is 398 g/mol. The summed E-state index contributed by atoms with van der Waals surface area (Å²) >= 11 is 0. The smallest absolute Gasteiger partial charge is 0.191 e. The van der Waals surface area contributed by atoms with Crippen LogP contribution < -0.4 is 10.6 Å². The van der Waals surface area contributed by atoms with Gasteiger partial charge in [0.1, 0.15) is 5.76 Å². The molecule has 0 aliphatic carbocycles. The molecule has 1 fully saturated rings. The lowest BCUT2D eigenvalue weighted by Crippen LogP contribution is -2.44. The number of nitrogens with one attached hydrogen (secondary N) is 2.